The van der Waals surface area contributed by atoms with Gasteiger partial charge in [0.25, 0.3) is 0 Å². The molecule has 0 fully saturated rings. The summed E-state index contributed by atoms with van der Waals surface area (Å²) in [6, 6.07) is 9.14. The van der Waals surface area contributed by atoms with Crippen molar-refractivity contribution < 1.29 is 0 Å². The van der Waals surface area contributed by atoms with Crippen molar-refractivity contribution in [1.29, 1.82) is 0 Å². The van der Waals surface area contributed by atoms with E-state index in [-0.39, 0.29) is 5.50 Å². The van der Waals surface area contributed by atoms with Gasteiger partial charge in [-0.2, -0.15) is 0 Å². The standard InChI is InChI=1S/C21H26N2S/c1-4-17-10-12-18(13-11-17)14-23(16(2)3)21-22-20(15-24-21)19-8-6-5-7-9-19/h4,6,8-13,15-16,21-22H,1,5,7,14H2,2-3H3. The minimum atomic E-state index is 0.287. The van der Waals surface area contributed by atoms with E-state index in [4.69, 9.17) is 0 Å². The zero-order chi connectivity index (χ0) is 16.9. The van der Waals surface area contributed by atoms with Crippen molar-refractivity contribution >= 4 is 17.8 Å². The van der Waals surface area contributed by atoms with Crippen LogP contribution in [0.3, 0.4) is 0 Å². The molecule has 1 aliphatic heterocycles. The lowest BCUT2D eigenvalue weighted by Crippen LogP contribution is -2.44. The van der Waals surface area contributed by atoms with Gasteiger partial charge in [-0.15, -0.1) is 0 Å². The molecule has 1 aromatic carbocycles. The Morgan fingerprint density at radius 1 is 1.29 bits per heavy atom. The molecule has 0 saturated carbocycles. The maximum Gasteiger partial charge on any atom is 0.132 e. The van der Waals surface area contributed by atoms with E-state index in [0.717, 1.165) is 19.4 Å². The fourth-order valence-corrected chi connectivity index (χ4v) is 4.10. The molecule has 0 saturated heterocycles. The topological polar surface area (TPSA) is 15.3 Å². The van der Waals surface area contributed by atoms with Gasteiger partial charge in [-0.1, -0.05) is 66.9 Å². The van der Waals surface area contributed by atoms with Gasteiger partial charge in [-0.3, -0.25) is 4.90 Å². The van der Waals surface area contributed by atoms with E-state index in [0.29, 0.717) is 6.04 Å². The summed E-state index contributed by atoms with van der Waals surface area (Å²) in [5, 5.41) is 5.97. The van der Waals surface area contributed by atoms with Gasteiger partial charge in [0, 0.05) is 18.3 Å². The summed E-state index contributed by atoms with van der Waals surface area (Å²) in [5.74, 6) is 0. The molecular weight excluding hydrogens is 312 g/mol. The minimum absolute atomic E-state index is 0.287. The summed E-state index contributed by atoms with van der Waals surface area (Å²) in [4.78, 5) is 2.50. The smallest absolute Gasteiger partial charge is 0.132 e. The van der Waals surface area contributed by atoms with Crippen LogP contribution in [0.4, 0.5) is 0 Å². The van der Waals surface area contributed by atoms with Crippen LogP contribution in [0.5, 0.6) is 0 Å². The monoisotopic (exact) mass is 338 g/mol. The van der Waals surface area contributed by atoms with Crippen LogP contribution >= 0.6 is 11.8 Å². The summed E-state index contributed by atoms with van der Waals surface area (Å²) in [7, 11) is 0. The third-order valence-electron chi connectivity index (χ3n) is 4.44. The molecule has 24 heavy (non-hydrogen) atoms. The van der Waals surface area contributed by atoms with Crippen LogP contribution in [0.2, 0.25) is 0 Å². The van der Waals surface area contributed by atoms with E-state index < -0.39 is 0 Å². The van der Waals surface area contributed by atoms with E-state index in [1.54, 1.807) is 0 Å². The zero-order valence-electron chi connectivity index (χ0n) is 14.5. The highest BCUT2D eigenvalue weighted by Crippen LogP contribution is 2.31. The molecule has 3 rings (SSSR count). The Hall–Kier alpha value is -1.71. The van der Waals surface area contributed by atoms with Crippen LogP contribution in [-0.2, 0) is 6.54 Å². The van der Waals surface area contributed by atoms with Gasteiger partial charge in [0.05, 0.1) is 0 Å². The SMILES string of the molecule is C=Cc1ccc(CN(C(C)C)C2NC(C3=CCCC=C3)=CS2)cc1. The zero-order valence-corrected chi connectivity index (χ0v) is 15.4. The van der Waals surface area contributed by atoms with Crippen molar-refractivity contribution in [3.63, 3.8) is 0 Å². The van der Waals surface area contributed by atoms with Crippen molar-refractivity contribution in [1.82, 2.24) is 10.2 Å². The van der Waals surface area contributed by atoms with Crippen molar-refractivity contribution in [3.8, 4) is 0 Å². The summed E-state index contributed by atoms with van der Waals surface area (Å²) >= 11 is 1.87. The summed E-state index contributed by atoms with van der Waals surface area (Å²) < 4.78 is 0. The Balaban J connectivity index is 1.67. The number of rotatable bonds is 6. The highest BCUT2D eigenvalue weighted by molar-refractivity contribution is 8.02. The van der Waals surface area contributed by atoms with Gasteiger partial charge in [-0.05, 0) is 48.8 Å². The average Bonchev–Trinajstić information content (AvgIpc) is 3.10. The molecule has 3 heteroatoms. The second-order valence-electron chi connectivity index (χ2n) is 6.52. The van der Waals surface area contributed by atoms with Crippen molar-refractivity contribution in [2.45, 2.75) is 44.8 Å². The Morgan fingerprint density at radius 3 is 2.71 bits per heavy atom. The number of hydrogen-bond donors (Lipinski definition) is 1. The quantitative estimate of drug-likeness (QED) is 0.760. The highest BCUT2D eigenvalue weighted by atomic mass is 32.2. The highest BCUT2D eigenvalue weighted by Gasteiger charge is 2.26. The first-order valence-corrected chi connectivity index (χ1v) is 9.58. The molecule has 0 spiro atoms. The van der Waals surface area contributed by atoms with E-state index in [2.05, 4.69) is 78.5 Å². The van der Waals surface area contributed by atoms with Crippen LogP contribution < -0.4 is 5.32 Å². The first kappa shape index (κ1) is 17.1. The van der Waals surface area contributed by atoms with Gasteiger partial charge in [0.2, 0.25) is 0 Å². The first-order valence-electron chi connectivity index (χ1n) is 8.64. The predicted molar refractivity (Wildman–Crippen MR) is 106 cm³/mol. The van der Waals surface area contributed by atoms with Gasteiger partial charge in [0.1, 0.15) is 5.50 Å². The van der Waals surface area contributed by atoms with Gasteiger partial charge < -0.3 is 5.32 Å². The molecule has 0 bridgehead atoms. The molecule has 1 unspecified atom stereocenters. The molecule has 1 aliphatic carbocycles. The number of benzene rings is 1. The number of allylic oxidation sites excluding steroid dienone is 3. The van der Waals surface area contributed by atoms with E-state index in [1.807, 2.05) is 17.8 Å². The number of nitrogens with zero attached hydrogens (tertiary/aromatic N) is 1. The van der Waals surface area contributed by atoms with Crippen LogP contribution in [-0.4, -0.2) is 16.4 Å². The molecule has 1 heterocycles. The van der Waals surface area contributed by atoms with E-state index in [9.17, 15) is 0 Å². The predicted octanol–water partition coefficient (Wildman–Crippen LogP) is 5.28. The van der Waals surface area contributed by atoms with Crippen LogP contribution in [0.1, 0.15) is 37.8 Å². The molecule has 0 radical (unpaired) electrons. The number of thioether (sulfide) groups is 1. The molecule has 1 N–H and O–H groups in total. The Bertz CT molecular complexity index is 668. The lowest BCUT2D eigenvalue weighted by atomic mass is 10.1. The fourth-order valence-electron chi connectivity index (χ4n) is 2.97. The summed E-state index contributed by atoms with van der Waals surface area (Å²) in [6.07, 6.45) is 11.0. The maximum absolute atomic E-state index is 3.82. The van der Waals surface area contributed by atoms with Gasteiger partial charge in [0.15, 0.2) is 0 Å². The molecule has 2 nitrogen and oxygen atoms in total. The molecule has 1 aromatic rings. The molecule has 2 aliphatic rings. The van der Waals surface area contributed by atoms with Crippen molar-refractivity contribution in [2.75, 3.05) is 0 Å². The Labute approximate surface area is 150 Å². The van der Waals surface area contributed by atoms with Crippen molar-refractivity contribution in [3.05, 3.63) is 76.9 Å². The molecular formula is C21H26N2S. The summed E-state index contributed by atoms with van der Waals surface area (Å²) in [6.45, 7) is 9.29. The third kappa shape index (κ3) is 4.03. The van der Waals surface area contributed by atoms with Crippen molar-refractivity contribution in [2.24, 2.45) is 0 Å². The van der Waals surface area contributed by atoms with Gasteiger partial charge in [-0.25, -0.2) is 0 Å². The summed E-state index contributed by atoms with van der Waals surface area (Å²) in [5.41, 5.74) is 5.38. The number of hydrogen-bond acceptors (Lipinski definition) is 3. The molecule has 126 valence electrons. The third-order valence-corrected chi connectivity index (χ3v) is 5.46. The van der Waals surface area contributed by atoms with E-state index >= 15 is 0 Å². The van der Waals surface area contributed by atoms with Crippen LogP contribution in [0.25, 0.3) is 6.08 Å². The largest absolute Gasteiger partial charge is 0.360 e. The molecule has 0 aromatic heterocycles. The van der Waals surface area contributed by atoms with E-state index in [1.165, 1.54) is 22.4 Å². The Morgan fingerprint density at radius 2 is 2.08 bits per heavy atom. The second kappa shape index (κ2) is 7.91. The number of nitrogens with one attached hydrogen (secondary N) is 1. The lowest BCUT2D eigenvalue weighted by Gasteiger charge is -2.32. The second-order valence-corrected chi connectivity index (χ2v) is 7.47. The average molecular weight is 339 g/mol. The van der Waals surface area contributed by atoms with Crippen LogP contribution in [0, 0.1) is 0 Å². The minimum Gasteiger partial charge on any atom is -0.360 e. The maximum atomic E-state index is 3.82. The molecule has 1 atom stereocenters. The lowest BCUT2D eigenvalue weighted by molar-refractivity contribution is 0.184. The first-order chi connectivity index (χ1) is 11.7. The molecule has 0 amide bonds. The normalized spacial score (nSPS) is 20.1. The van der Waals surface area contributed by atoms with Gasteiger partial charge >= 0.3 is 0 Å². The van der Waals surface area contributed by atoms with Crippen LogP contribution in [0.15, 0.2) is 65.8 Å². The Kier molecular flexibility index (Phi) is 5.64. The fraction of sp³-hybridized carbons (Fsp3) is 0.333.